The molecule has 9 heteroatoms. The number of hydrogen-bond acceptors (Lipinski definition) is 3. The number of benzene rings is 2. The van der Waals surface area contributed by atoms with Gasteiger partial charge in [0.05, 0.1) is 0 Å². The van der Waals surface area contributed by atoms with Crippen LogP contribution in [0.1, 0.15) is 5.56 Å². The topological polar surface area (TPSA) is 63.4 Å². The molecule has 0 unspecified atom stereocenters. The van der Waals surface area contributed by atoms with E-state index in [1.54, 1.807) is 30.3 Å². The van der Waals surface area contributed by atoms with Crippen LogP contribution in [0.25, 0.3) is 0 Å². The van der Waals surface area contributed by atoms with Crippen molar-refractivity contribution in [1.82, 2.24) is 4.31 Å². The van der Waals surface area contributed by atoms with E-state index in [0.717, 1.165) is 5.56 Å². The quantitative estimate of drug-likeness (QED) is 0.596. The summed E-state index contributed by atoms with van der Waals surface area (Å²) in [4.78, 5) is -1.65. The number of sulfonamides is 1. The van der Waals surface area contributed by atoms with Gasteiger partial charge in [-0.25, -0.2) is 26.0 Å². The Kier molecular flexibility index (Phi) is 6.15. The zero-order chi connectivity index (χ0) is 18.6. The highest BCUT2D eigenvalue weighted by Crippen LogP contribution is 2.26. The van der Waals surface area contributed by atoms with Gasteiger partial charge in [0.15, 0.2) is 28.2 Å². The van der Waals surface area contributed by atoms with Crippen molar-refractivity contribution >= 4 is 10.0 Å². The van der Waals surface area contributed by atoms with E-state index >= 15 is 0 Å². The van der Waals surface area contributed by atoms with E-state index in [-0.39, 0.29) is 32.1 Å². The molecule has 0 aliphatic carbocycles. The Hall–Kier alpha value is -1.97. The number of nitrogens with zero attached hydrogens (tertiary/aromatic N) is 1. The summed E-state index contributed by atoms with van der Waals surface area (Å²) in [6.45, 7) is -0.540. The minimum Gasteiger partial charge on any atom is -0.329 e. The van der Waals surface area contributed by atoms with Crippen molar-refractivity contribution in [3.8, 4) is 0 Å². The molecule has 25 heavy (non-hydrogen) atoms. The molecule has 0 aliphatic rings. The molecule has 0 saturated carbocycles. The second kappa shape index (κ2) is 7.94. The SMILES string of the molecule is NCCN(CCc1ccccc1)S(=O)(=O)c1c(F)c(F)cc(F)c1F. The van der Waals surface area contributed by atoms with Crippen LogP contribution in [0.3, 0.4) is 0 Å². The first-order valence-corrected chi connectivity index (χ1v) is 8.80. The van der Waals surface area contributed by atoms with Crippen LogP contribution < -0.4 is 5.73 Å². The van der Waals surface area contributed by atoms with E-state index in [1.165, 1.54) is 0 Å². The minimum atomic E-state index is -4.82. The smallest absolute Gasteiger partial charge is 0.249 e. The van der Waals surface area contributed by atoms with Gasteiger partial charge in [0.1, 0.15) is 0 Å². The molecule has 0 amide bonds. The lowest BCUT2D eigenvalue weighted by Gasteiger charge is -2.22. The van der Waals surface area contributed by atoms with Gasteiger partial charge < -0.3 is 5.73 Å². The van der Waals surface area contributed by atoms with Crippen molar-refractivity contribution in [2.75, 3.05) is 19.6 Å². The summed E-state index contributed by atoms with van der Waals surface area (Å²) in [5.74, 6) is -7.48. The summed E-state index contributed by atoms with van der Waals surface area (Å²) in [5, 5.41) is 0. The van der Waals surface area contributed by atoms with Gasteiger partial charge in [0.2, 0.25) is 10.0 Å². The molecule has 0 aromatic heterocycles. The first kappa shape index (κ1) is 19.4. The van der Waals surface area contributed by atoms with Crippen molar-refractivity contribution in [3.63, 3.8) is 0 Å². The molecular weight excluding hydrogens is 360 g/mol. The van der Waals surface area contributed by atoms with Gasteiger partial charge in [-0.05, 0) is 12.0 Å². The van der Waals surface area contributed by atoms with Crippen molar-refractivity contribution < 1.29 is 26.0 Å². The number of hydrogen-bond donors (Lipinski definition) is 1. The zero-order valence-corrected chi connectivity index (χ0v) is 13.9. The van der Waals surface area contributed by atoms with E-state index < -0.39 is 38.2 Å². The summed E-state index contributed by atoms with van der Waals surface area (Å²) in [7, 11) is -4.82. The average Bonchev–Trinajstić information content (AvgIpc) is 2.57. The summed E-state index contributed by atoms with van der Waals surface area (Å²) in [6, 6.07) is 8.72. The third-order valence-corrected chi connectivity index (χ3v) is 5.46. The Bertz CT molecular complexity index is 819. The third kappa shape index (κ3) is 4.17. The molecule has 0 atom stereocenters. The number of nitrogens with two attached hydrogens (primary N) is 1. The second-order valence-electron chi connectivity index (χ2n) is 5.23. The fourth-order valence-electron chi connectivity index (χ4n) is 2.30. The van der Waals surface area contributed by atoms with Crippen LogP contribution in [-0.2, 0) is 16.4 Å². The molecule has 2 rings (SSSR count). The second-order valence-corrected chi connectivity index (χ2v) is 7.10. The molecule has 0 heterocycles. The largest absolute Gasteiger partial charge is 0.329 e. The fourth-order valence-corrected chi connectivity index (χ4v) is 3.89. The van der Waals surface area contributed by atoms with Crippen LogP contribution in [0, 0.1) is 23.3 Å². The monoisotopic (exact) mass is 376 g/mol. The summed E-state index contributed by atoms with van der Waals surface area (Å²) in [5.41, 5.74) is 6.15. The van der Waals surface area contributed by atoms with Crippen molar-refractivity contribution in [3.05, 3.63) is 65.2 Å². The van der Waals surface area contributed by atoms with Gasteiger partial charge >= 0.3 is 0 Å². The standard InChI is InChI=1S/C16H16F4N2O2S/c17-12-10-13(18)15(20)16(14(12)19)25(23,24)22(9-7-21)8-6-11-4-2-1-3-5-11/h1-5,10H,6-9,21H2. The molecule has 0 fully saturated rings. The van der Waals surface area contributed by atoms with E-state index in [0.29, 0.717) is 4.31 Å². The third-order valence-electron chi connectivity index (χ3n) is 3.54. The van der Waals surface area contributed by atoms with E-state index in [1.807, 2.05) is 0 Å². The Labute approximate surface area is 142 Å². The van der Waals surface area contributed by atoms with Crippen molar-refractivity contribution in [2.45, 2.75) is 11.3 Å². The van der Waals surface area contributed by atoms with Gasteiger partial charge in [-0.3, -0.25) is 0 Å². The lowest BCUT2D eigenvalue weighted by molar-refractivity contribution is 0.389. The van der Waals surface area contributed by atoms with Crippen LogP contribution in [0.2, 0.25) is 0 Å². The van der Waals surface area contributed by atoms with Crippen LogP contribution in [-0.4, -0.2) is 32.4 Å². The lowest BCUT2D eigenvalue weighted by atomic mass is 10.1. The van der Waals surface area contributed by atoms with Crippen molar-refractivity contribution in [1.29, 1.82) is 0 Å². The average molecular weight is 376 g/mol. The van der Waals surface area contributed by atoms with Crippen molar-refractivity contribution in [2.24, 2.45) is 5.73 Å². The molecule has 0 spiro atoms. The molecule has 4 nitrogen and oxygen atoms in total. The first-order chi connectivity index (χ1) is 11.8. The fraction of sp³-hybridized carbons (Fsp3) is 0.250. The highest BCUT2D eigenvalue weighted by molar-refractivity contribution is 7.89. The molecule has 0 radical (unpaired) electrons. The highest BCUT2D eigenvalue weighted by atomic mass is 32.2. The summed E-state index contributed by atoms with van der Waals surface area (Å²) < 4.78 is 80.3. The number of rotatable bonds is 7. The number of halogens is 4. The van der Waals surface area contributed by atoms with Gasteiger partial charge in [0.25, 0.3) is 0 Å². The molecule has 2 N–H and O–H groups in total. The van der Waals surface area contributed by atoms with Gasteiger partial charge in [-0.2, -0.15) is 4.31 Å². The van der Waals surface area contributed by atoms with Gasteiger partial charge in [-0.15, -0.1) is 0 Å². The maximum atomic E-state index is 13.9. The maximum absolute atomic E-state index is 13.9. The minimum absolute atomic E-state index is 0.0407. The Morgan fingerprint density at radius 2 is 1.48 bits per heavy atom. The predicted octanol–water partition coefficient (Wildman–Crippen LogP) is 2.44. The Morgan fingerprint density at radius 3 is 2.00 bits per heavy atom. The molecule has 136 valence electrons. The van der Waals surface area contributed by atoms with Gasteiger partial charge in [-0.1, -0.05) is 30.3 Å². The van der Waals surface area contributed by atoms with Crippen LogP contribution in [0.5, 0.6) is 0 Å². The highest BCUT2D eigenvalue weighted by Gasteiger charge is 2.34. The molecule has 0 bridgehead atoms. The molecule has 0 aliphatic heterocycles. The molecule has 0 saturated heterocycles. The normalized spacial score (nSPS) is 11.9. The molecule has 2 aromatic rings. The zero-order valence-electron chi connectivity index (χ0n) is 13.1. The lowest BCUT2D eigenvalue weighted by Crippen LogP contribution is -2.38. The Balaban J connectivity index is 2.40. The van der Waals surface area contributed by atoms with Crippen LogP contribution in [0.15, 0.2) is 41.3 Å². The van der Waals surface area contributed by atoms with Gasteiger partial charge in [0, 0.05) is 25.7 Å². The van der Waals surface area contributed by atoms with Crippen LogP contribution in [0.4, 0.5) is 17.6 Å². The van der Waals surface area contributed by atoms with E-state index in [2.05, 4.69) is 0 Å². The Morgan fingerprint density at radius 1 is 0.920 bits per heavy atom. The summed E-state index contributed by atoms with van der Waals surface area (Å²) >= 11 is 0. The van der Waals surface area contributed by atoms with E-state index in [9.17, 15) is 26.0 Å². The van der Waals surface area contributed by atoms with E-state index in [4.69, 9.17) is 5.73 Å². The molecular formula is C16H16F4N2O2S. The maximum Gasteiger partial charge on any atom is 0.249 e. The van der Waals surface area contributed by atoms with Crippen LogP contribution >= 0.6 is 0 Å². The molecule has 2 aromatic carbocycles. The summed E-state index contributed by atoms with van der Waals surface area (Å²) in [6.07, 6.45) is 0.237. The first-order valence-electron chi connectivity index (χ1n) is 7.36. The predicted molar refractivity (Wildman–Crippen MR) is 84.2 cm³/mol.